The number of H-pyrrole nitrogens is 1. The van der Waals surface area contributed by atoms with Crippen molar-refractivity contribution in [1.82, 2.24) is 20.2 Å². The summed E-state index contributed by atoms with van der Waals surface area (Å²) in [6.45, 7) is 2.05. The van der Waals surface area contributed by atoms with Crippen LogP contribution in [0, 0.1) is 6.92 Å². The summed E-state index contributed by atoms with van der Waals surface area (Å²) in [7, 11) is 0. The number of aromatic amines is 1. The van der Waals surface area contributed by atoms with Crippen molar-refractivity contribution >= 4 is 0 Å². The van der Waals surface area contributed by atoms with E-state index in [-0.39, 0.29) is 6.04 Å². The van der Waals surface area contributed by atoms with Crippen molar-refractivity contribution in [3.8, 4) is 11.4 Å². The third-order valence-electron chi connectivity index (χ3n) is 3.17. The highest BCUT2D eigenvalue weighted by Gasteiger charge is 2.14. The van der Waals surface area contributed by atoms with Gasteiger partial charge in [-0.2, -0.15) is 5.10 Å². The van der Waals surface area contributed by atoms with E-state index in [2.05, 4.69) is 20.2 Å². The minimum absolute atomic E-state index is 0.307. The van der Waals surface area contributed by atoms with Crippen molar-refractivity contribution in [2.24, 2.45) is 5.73 Å². The molecule has 0 aliphatic rings. The summed E-state index contributed by atoms with van der Waals surface area (Å²) in [5.41, 5.74) is 9.34. The van der Waals surface area contributed by atoms with E-state index >= 15 is 0 Å². The Morgan fingerprint density at radius 3 is 2.45 bits per heavy atom. The molecular formula is C15H15N5. The molecule has 0 amide bonds. The molecule has 20 heavy (non-hydrogen) atoms. The van der Waals surface area contributed by atoms with E-state index in [1.807, 2.05) is 43.3 Å². The van der Waals surface area contributed by atoms with Gasteiger partial charge >= 0.3 is 0 Å². The molecule has 2 heterocycles. The summed E-state index contributed by atoms with van der Waals surface area (Å²) in [6.07, 6.45) is 3.43. The number of nitrogens with one attached hydrogen (secondary N) is 1. The number of benzene rings is 1. The number of hydrogen-bond donors (Lipinski definition) is 2. The lowest BCUT2D eigenvalue weighted by Crippen LogP contribution is -2.13. The van der Waals surface area contributed by atoms with Crippen LogP contribution in [0.3, 0.4) is 0 Å². The Kier molecular flexibility index (Phi) is 3.26. The zero-order chi connectivity index (χ0) is 13.9. The Labute approximate surface area is 116 Å². The predicted octanol–water partition coefficient (Wildman–Crippen LogP) is 2.22. The molecule has 0 aliphatic heterocycles. The normalized spacial score (nSPS) is 12.3. The van der Waals surface area contributed by atoms with Crippen LogP contribution >= 0.6 is 0 Å². The molecule has 3 aromatic rings. The molecule has 0 unspecified atom stereocenters. The Morgan fingerprint density at radius 2 is 1.75 bits per heavy atom. The number of aryl methyl sites for hydroxylation is 1. The predicted molar refractivity (Wildman–Crippen MR) is 76.8 cm³/mol. The maximum Gasteiger partial charge on any atom is 0.181 e. The second-order valence-electron chi connectivity index (χ2n) is 4.67. The van der Waals surface area contributed by atoms with Crippen LogP contribution in [0.15, 0.2) is 48.8 Å². The Bertz CT molecular complexity index is 688. The Balaban J connectivity index is 1.88. The van der Waals surface area contributed by atoms with Crippen molar-refractivity contribution in [3.05, 3.63) is 65.7 Å². The first-order valence-electron chi connectivity index (χ1n) is 6.39. The SMILES string of the molecule is Cc1ccc([C@H](N)c2nc(-c3ccncc3)n[nH]2)cc1. The molecule has 0 fully saturated rings. The van der Waals surface area contributed by atoms with Crippen molar-refractivity contribution in [1.29, 1.82) is 0 Å². The number of rotatable bonds is 3. The number of nitrogens with two attached hydrogens (primary N) is 1. The fourth-order valence-corrected chi connectivity index (χ4v) is 1.98. The van der Waals surface area contributed by atoms with E-state index in [0.717, 1.165) is 11.1 Å². The number of pyridine rings is 1. The molecule has 0 saturated heterocycles. The van der Waals surface area contributed by atoms with E-state index < -0.39 is 0 Å². The molecule has 0 spiro atoms. The van der Waals surface area contributed by atoms with Crippen molar-refractivity contribution in [2.45, 2.75) is 13.0 Å². The van der Waals surface area contributed by atoms with E-state index in [4.69, 9.17) is 5.73 Å². The van der Waals surface area contributed by atoms with Crippen molar-refractivity contribution in [2.75, 3.05) is 0 Å². The summed E-state index contributed by atoms with van der Waals surface area (Å²) in [5.74, 6) is 1.28. The third kappa shape index (κ3) is 2.44. The zero-order valence-corrected chi connectivity index (χ0v) is 11.1. The lowest BCUT2D eigenvalue weighted by molar-refractivity contribution is 0.787. The molecule has 1 atom stereocenters. The topological polar surface area (TPSA) is 80.5 Å². The summed E-state index contributed by atoms with van der Waals surface area (Å²) >= 11 is 0. The van der Waals surface area contributed by atoms with Crippen LogP contribution in [0.4, 0.5) is 0 Å². The lowest BCUT2D eigenvalue weighted by atomic mass is 10.1. The maximum absolute atomic E-state index is 6.21. The first-order valence-corrected chi connectivity index (χ1v) is 6.39. The van der Waals surface area contributed by atoms with Gasteiger partial charge in [0.15, 0.2) is 5.82 Å². The number of hydrogen-bond acceptors (Lipinski definition) is 4. The molecule has 5 nitrogen and oxygen atoms in total. The van der Waals surface area contributed by atoms with E-state index in [0.29, 0.717) is 11.6 Å². The molecule has 100 valence electrons. The van der Waals surface area contributed by atoms with Gasteiger partial charge in [-0.25, -0.2) is 4.98 Å². The van der Waals surface area contributed by atoms with Crippen LogP contribution in [-0.2, 0) is 0 Å². The van der Waals surface area contributed by atoms with Gasteiger partial charge in [-0.3, -0.25) is 10.1 Å². The van der Waals surface area contributed by atoms with Gasteiger partial charge in [0.2, 0.25) is 0 Å². The summed E-state index contributed by atoms with van der Waals surface area (Å²) in [6, 6.07) is 11.5. The van der Waals surface area contributed by atoms with Crippen LogP contribution < -0.4 is 5.73 Å². The summed E-state index contributed by atoms with van der Waals surface area (Å²) in [4.78, 5) is 8.44. The smallest absolute Gasteiger partial charge is 0.181 e. The minimum atomic E-state index is -0.307. The molecule has 5 heteroatoms. The zero-order valence-electron chi connectivity index (χ0n) is 11.1. The molecular weight excluding hydrogens is 250 g/mol. The third-order valence-corrected chi connectivity index (χ3v) is 3.17. The van der Waals surface area contributed by atoms with Gasteiger partial charge in [0.25, 0.3) is 0 Å². The lowest BCUT2D eigenvalue weighted by Gasteiger charge is -2.08. The second kappa shape index (κ2) is 5.22. The number of nitrogens with zero attached hydrogens (tertiary/aromatic N) is 3. The second-order valence-corrected chi connectivity index (χ2v) is 4.67. The molecule has 1 aromatic carbocycles. The van der Waals surface area contributed by atoms with Gasteiger partial charge < -0.3 is 5.73 Å². The van der Waals surface area contributed by atoms with Crippen LogP contribution in [0.1, 0.15) is 23.0 Å². The van der Waals surface area contributed by atoms with Crippen LogP contribution in [0.5, 0.6) is 0 Å². The maximum atomic E-state index is 6.21. The van der Waals surface area contributed by atoms with Crippen LogP contribution in [0.25, 0.3) is 11.4 Å². The summed E-state index contributed by atoms with van der Waals surface area (Å²) in [5, 5.41) is 7.12. The molecule has 0 aliphatic carbocycles. The first kappa shape index (κ1) is 12.5. The van der Waals surface area contributed by atoms with Gasteiger partial charge in [0.05, 0.1) is 6.04 Å². The van der Waals surface area contributed by atoms with Gasteiger partial charge in [-0.1, -0.05) is 29.8 Å². The molecule has 0 radical (unpaired) electrons. The van der Waals surface area contributed by atoms with Gasteiger partial charge in [0, 0.05) is 18.0 Å². The summed E-state index contributed by atoms with van der Waals surface area (Å²) < 4.78 is 0. The quantitative estimate of drug-likeness (QED) is 0.761. The Morgan fingerprint density at radius 1 is 1.05 bits per heavy atom. The van der Waals surface area contributed by atoms with E-state index in [9.17, 15) is 0 Å². The molecule has 0 bridgehead atoms. The minimum Gasteiger partial charge on any atom is -0.318 e. The highest BCUT2D eigenvalue weighted by atomic mass is 15.2. The van der Waals surface area contributed by atoms with Crippen molar-refractivity contribution < 1.29 is 0 Å². The van der Waals surface area contributed by atoms with Gasteiger partial charge in [-0.05, 0) is 24.6 Å². The van der Waals surface area contributed by atoms with Crippen LogP contribution in [-0.4, -0.2) is 20.2 Å². The standard InChI is InChI=1S/C15H15N5/c1-10-2-4-11(5-3-10)13(16)15-18-14(19-20-15)12-6-8-17-9-7-12/h2-9,13H,16H2,1H3,(H,18,19,20)/t13-/m0/s1. The fraction of sp³-hybridized carbons (Fsp3) is 0.133. The molecule has 3 N–H and O–H groups in total. The number of aromatic nitrogens is 4. The molecule has 0 saturated carbocycles. The fourth-order valence-electron chi connectivity index (χ4n) is 1.98. The van der Waals surface area contributed by atoms with E-state index in [1.165, 1.54) is 5.56 Å². The Hall–Kier alpha value is -2.53. The highest BCUT2D eigenvalue weighted by molar-refractivity contribution is 5.53. The van der Waals surface area contributed by atoms with Gasteiger partial charge in [-0.15, -0.1) is 0 Å². The average molecular weight is 265 g/mol. The van der Waals surface area contributed by atoms with Crippen molar-refractivity contribution in [3.63, 3.8) is 0 Å². The average Bonchev–Trinajstić information content (AvgIpc) is 2.98. The largest absolute Gasteiger partial charge is 0.318 e. The first-order chi connectivity index (χ1) is 9.74. The monoisotopic (exact) mass is 265 g/mol. The highest BCUT2D eigenvalue weighted by Crippen LogP contribution is 2.19. The van der Waals surface area contributed by atoms with Crippen LogP contribution in [0.2, 0.25) is 0 Å². The van der Waals surface area contributed by atoms with Gasteiger partial charge in [0.1, 0.15) is 5.82 Å². The van der Waals surface area contributed by atoms with E-state index in [1.54, 1.807) is 12.4 Å². The molecule has 3 rings (SSSR count). The molecule has 2 aromatic heterocycles.